The van der Waals surface area contributed by atoms with Crippen LogP contribution in [0.5, 0.6) is 0 Å². The molecule has 2 N–H and O–H groups in total. The van der Waals surface area contributed by atoms with Crippen molar-refractivity contribution in [1.82, 2.24) is 0 Å². The Kier molecular flexibility index (Phi) is 4.13. The summed E-state index contributed by atoms with van der Waals surface area (Å²) in [6.07, 6.45) is 0.428. The van der Waals surface area contributed by atoms with Crippen LogP contribution >= 0.6 is 0 Å². The van der Waals surface area contributed by atoms with Gasteiger partial charge < -0.3 is 15.0 Å². The quantitative estimate of drug-likeness (QED) is 0.857. The maximum Gasteiger partial charge on any atom is 0.494 e. The number of carbonyl (C=O) groups excluding carboxylic acids is 1. The molecule has 0 saturated carbocycles. The van der Waals surface area contributed by atoms with E-state index < -0.39 is 24.2 Å². The molecule has 1 aliphatic heterocycles. The Morgan fingerprint density at radius 1 is 1.24 bits per heavy atom. The fourth-order valence-corrected chi connectivity index (χ4v) is 2.15. The molecule has 1 saturated heterocycles. The summed E-state index contributed by atoms with van der Waals surface area (Å²) in [5, 5.41) is 0. The van der Waals surface area contributed by atoms with Gasteiger partial charge in [0.25, 0.3) is 0 Å². The lowest BCUT2D eigenvalue weighted by Crippen LogP contribution is -2.41. The number of nitrogens with two attached hydrogens (primary N) is 1. The van der Waals surface area contributed by atoms with E-state index >= 15 is 0 Å². The summed E-state index contributed by atoms with van der Waals surface area (Å²) in [4.78, 5) is 10.8. The highest BCUT2D eigenvalue weighted by atomic mass is 19.1. The van der Waals surface area contributed by atoms with Crippen LogP contribution in [0.3, 0.4) is 0 Å². The van der Waals surface area contributed by atoms with Crippen molar-refractivity contribution in [2.45, 2.75) is 51.7 Å². The van der Waals surface area contributed by atoms with Gasteiger partial charge in [0.05, 0.1) is 11.2 Å². The Labute approximate surface area is 124 Å². The van der Waals surface area contributed by atoms with E-state index in [1.165, 1.54) is 6.07 Å². The Morgan fingerprint density at radius 3 is 2.29 bits per heavy atom. The van der Waals surface area contributed by atoms with Crippen molar-refractivity contribution in [2.24, 2.45) is 5.73 Å². The molecule has 0 aromatic heterocycles. The van der Waals surface area contributed by atoms with Gasteiger partial charge in [-0.05, 0) is 51.2 Å². The maximum atomic E-state index is 14.1. The van der Waals surface area contributed by atoms with Crippen LogP contribution in [-0.2, 0) is 20.5 Å². The Hall–Kier alpha value is -1.40. The normalized spacial score (nSPS) is 19.8. The van der Waals surface area contributed by atoms with E-state index in [9.17, 15) is 9.18 Å². The minimum atomic E-state index is -0.588. The summed E-state index contributed by atoms with van der Waals surface area (Å²) in [5.74, 6) is -0.812. The van der Waals surface area contributed by atoms with Crippen molar-refractivity contribution in [3.63, 3.8) is 0 Å². The van der Waals surface area contributed by atoms with Crippen LogP contribution in [0.25, 0.3) is 0 Å². The van der Waals surface area contributed by atoms with Gasteiger partial charge in [-0.15, -0.1) is 0 Å². The lowest BCUT2D eigenvalue weighted by Gasteiger charge is -2.32. The number of rotatable bonds is 4. The molecule has 1 aromatic carbocycles. The summed E-state index contributed by atoms with van der Waals surface area (Å²) in [5.41, 5.74) is 5.26. The fourth-order valence-electron chi connectivity index (χ4n) is 2.15. The third-order valence-corrected chi connectivity index (χ3v) is 4.24. The molecule has 4 nitrogen and oxygen atoms in total. The van der Waals surface area contributed by atoms with Crippen LogP contribution in [0.15, 0.2) is 18.2 Å². The highest BCUT2D eigenvalue weighted by Crippen LogP contribution is 2.36. The SMILES string of the molecule is CC1(C)OB(c2ccc(CCC(N)=O)c(F)c2)OC1(C)C. The number of hydrogen-bond donors (Lipinski definition) is 1. The first-order valence-corrected chi connectivity index (χ1v) is 7.05. The zero-order valence-electron chi connectivity index (χ0n) is 12.9. The summed E-state index contributed by atoms with van der Waals surface area (Å²) in [6.45, 7) is 7.80. The zero-order chi connectivity index (χ0) is 15.8. The van der Waals surface area contributed by atoms with Crippen molar-refractivity contribution in [3.05, 3.63) is 29.6 Å². The second-order valence-corrected chi connectivity index (χ2v) is 6.41. The van der Waals surface area contributed by atoms with Crippen molar-refractivity contribution in [3.8, 4) is 0 Å². The van der Waals surface area contributed by atoms with Gasteiger partial charge in [-0.1, -0.05) is 12.1 Å². The molecule has 0 spiro atoms. The molecule has 1 heterocycles. The molecule has 0 unspecified atom stereocenters. The predicted octanol–water partition coefficient (Wildman–Crippen LogP) is 1.54. The van der Waals surface area contributed by atoms with Gasteiger partial charge in [0.15, 0.2) is 0 Å². The van der Waals surface area contributed by atoms with Gasteiger partial charge in [0, 0.05) is 6.42 Å². The molecule has 0 aliphatic carbocycles. The summed E-state index contributed by atoms with van der Waals surface area (Å²) >= 11 is 0. The third kappa shape index (κ3) is 3.27. The molecule has 1 aliphatic rings. The first-order chi connectivity index (χ1) is 9.62. The standard InChI is InChI=1S/C15H21BFNO3/c1-14(2)15(3,4)21-16(20-14)11-7-5-10(12(17)9-11)6-8-13(18)19/h5,7,9H,6,8H2,1-4H3,(H2,18,19). The van der Waals surface area contributed by atoms with E-state index in [4.69, 9.17) is 15.0 Å². The molecule has 2 rings (SSSR count). The molecule has 21 heavy (non-hydrogen) atoms. The minimum absolute atomic E-state index is 0.132. The third-order valence-electron chi connectivity index (χ3n) is 4.24. The molecule has 0 bridgehead atoms. The van der Waals surface area contributed by atoms with Gasteiger partial charge >= 0.3 is 7.12 Å². The second-order valence-electron chi connectivity index (χ2n) is 6.41. The van der Waals surface area contributed by atoms with Gasteiger partial charge in [0.2, 0.25) is 5.91 Å². The molecule has 0 radical (unpaired) electrons. The van der Waals surface area contributed by atoms with Gasteiger partial charge in [-0.2, -0.15) is 0 Å². The van der Waals surface area contributed by atoms with Crippen molar-refractivity contribution >= 4 is 18.5 Å². The smallest absolute Gasteiger partial charge is 0.399 e. The predicted molar refractivity (Wildman–Crippen MR) is 79.6 cm³/mol. The number of amides is 1. The number of aryl methyl sites for hydroxylation is 1. The van der Waals surface area contributed by atoms with E-state index in [1.807, 2.05) is 27.7 Å². The number of halogens is 1. The van der Waals surface area contributed by atoms with E-state index in [0.29, 0.717) is 17.4 Å². The lowest BCUT2D eigenvalue weighted by molar-refractivity contribution is -0.117. The summed E-state index contributed by atoms with van der Waals surface area (Å²) < 4.78 is 25.8. The molecular formula is C15H21BFNO3. The molecule has 6 heteroatoms. The molecule has 1 amide bonds. The largest absolute Gasteiger partial charge is 0.494 e. The van der Waals surface area contributed by atoms with Crippen LogP contribution in [-0.4, -0.2) is 24.2 Å². The average Bonchev–Trinajstić information content (AvgIpc) is 2.56. The van der Waals surface area contributed by atoms with E-state index in [2.05, 4.69) is 0 Å². The monoisotopic (exact) mass is 293 g/mol. The summed E-state index contributed by atoms with van der Waals surface area (Å²) in [6, 6.07) is 4.82. The van der Waals surface area contributed by atoms with Crippen LogP contribution in [0.4, 0.5) is 4.39 Å². The van der Waals surface area contributed by atoms with Crippen molar-refractivity contribution < 1.29 is 18.5 Å². The zero-order valence-corrected chi connectivity index (χ0v) is 12.9. The number of carbonyl (C=O) groups is 1. The number of primary amides is 1. The number of hydrogen-bond acceptors (Lipinski definition) is 3. The molecule has 1 fully saturated rings. The lowest BCUT2D eigenvalue weighted by atomic mass is 9.78. The molecule has 0 atom stereocenters. The van der Waals surface area contributed by atoms with Crippen LogP contribution in [0.1, 0.15) is 39.7 Å². The van der Waals surface area contributed by atoms with Crippen LogP contribution < -0.4 is 11.2 Å². The minimum Gasteiger partial charge on any atom is -0.399 e. The van der Waals surface area contributed by atoms with Gasteiger partial charge in [-0.3, -0.25) is 4.79 Å². The first-order valence-electron chi connectivity index (χ1n) is 7.05. The Bertz CT molecular complexity index is 544. The molecule has 1 aromatic rings. The average molecular weight is 293 g/mol. The van der Waals surface area contributed by atoms with Crippen molar-refractivity contribution in [1.29, 1.82) is 0 Å². The molecule has 114 valence electrons. The van der Waals surface area contributed by atoms with E-state index in [0.717, 1.165) is 0 Å². The fraction of sp³-hybridized carbons (Fsp3) is 0.533. The summed E-state index contributed by atoms with van der Waals surface area (Å²) in [7, 11) is -0.588. The van der Waals surface area contributed by atoms with Crippen LogP contribution in [0, 0.1) is 5.82 Å². The maximum absolute atomic E-state index is 14.1. The second kappa shape index (κ2) is 5.42. The van der Waals surface area contributed by atoms with Crippen LogP contribution in [0.2, 0.25) is 0 Å². The van der Waals surface area contributed by atoms with Gasteiger partial charge in [-0.25, -0.2) is 4.39 Å². The molecular weight excluding hydrogens is 272 g/mol. The Morgan fingerprint density at radius 2 is 1.81 bits per heavy atom. The Balaban J connectivity index is 2.16. The van der Waals surface area contributed by atoms with E-state index in [-0.39, 0.29) is 12.2 Å². The van der Waals surface area contributed by atoms with Gasteiger partial charge in [0.1, 0.15) is 5.82 Å². The first kappa shape index (κ1) is 16.0. The highest BCUT2D eigenvalue weighted by molar-refractivity contribution is 6.62. The highest BCUT2D eigenvalue weighted by Gasteiger charge is 2.51. The van der Waals surface area contributed by atoms with E-state index in [1.54, 1.807) is 12.1 Å². The topological polar surface area (TPSA) is 61.5 Å². The van der Waals surface area contributed by atoms with Crippen molar-refractivity contribution in [2.75, 3.05) is 0 Å². The number of benzene rings is 1.